The third-order valence-electron chi connectivity index (χ3n) is 12.4. The predicted octanol–water partition coefficient (Wildman–Crippen LogP) is 9.00. The quantitative estimate of drug-likeness (QED) is 0.0956. The van der Waals surface area contributed by atoms with Gasteiger partial charge in [-0.25, -0.2) is 0 Å². The summed E-state index contributed by atoms with van der Waals surface area (Å²) in [6.45, 7) is 25.9. The lowest BCUT2D eigenvalue weighted by atomic mass is 9.61. The Bertz CT molecular complexity index is 1480. The standard InChI is InChI=1S/C45H83N3O6/c1-19-31(8)39(32(9)35-21-22-36(52-20-2)37(23-35)54-26-30(7)25-53-29(5)6)34(11)45(17,47)38(51-18)24-43(15,33(10)28(3)4)41(50)48-27-44(16,40(46)49)42(12,13)14/h21-23,28-34,38-39H,19-20,24-27,47H2,1-18H3,(H2,46,49)(H,48,50)/t30?,31?,32?,33?,34?,38-,39-,43-,44?,45-/m0/s1/i16D3,27D2. The summed E-state index contributed by atoms with van der Waals surface area (Å²) in [7, 11) is 1.57. The fourth-order valence-electron chi connectivity index (χ4n) is 7.53. The van der Waals surface area contributed by atoms with E-state index >= 15 is 0 Å². The van der Waals surface area contributed by atoms with Crippen LogP contribution in [0.5, 0.6) is 11.5 Å². The third kappa shape index (κ3) is 12.3. The number of amides is 2. The molecule has 9 nitrogen and oxygen atoms in total. The number of nitrogens with two attached hydrogens (primary N) is 2. The summed E-state index contributed by atoms with van der Waals surface area (Å²) in [5.41, 5.74) is 7.66. The third-order valence-corrected chi connectivity index (χ3v) is 12.4. The van der Waals surface area contributed by atoms with Crippen LogP contribution in [0.1, 0.15) is 149 Å². The highest BCUT2D eigenvalue weighted by molar-refractivity contribution is 5.85. The van der Waals surface area contributed by atoms with Gasteiger partial charge in [0.05, 0.1) is 45.6 Å². The van der Waals surface area contributed by atoms with E-state index in [9.17, 15) is 9.59 Å². The van der Waals surface area contributed by atoms with E-state index in [1.165, 1.54) is 20.8 Å². The van der Waals surface area contributed by atoms with Crippen LogP contribution in [-0.2, 0) is 19.1 Å². The molecule has 54 heavy (non-hydrogen) atoms. The largest absolute Gasteiger partial charge is 0.490 e. The van der Waals surface area contributed by atoms with Crippen LogP contribution >= 0.6 is 0 Å². The van der Waals surface area contributed by atoms with E-state index in [0.717, 1.165) is 12.0 Å². The van der Waals surface area contributed by atoms with Crippen molar-refractivity contribution >= 4 is 11.8 Å². The summed E-state index contributed by atoms with van der Waals surface area (Å²) in [6.07, 6.45) is 0.390. The second-order valence-electron chi connectivity index (χ2n) is 18.2. The summed E-state index contributed by atoms with van der Waals surface area (Å²) >= 11 is 0. The smallest absolute Gasteiger partial charge is 0.226 e. The van der Waals surface area contributed by atoms with Crippen LogP contribution in [0.25, 0.3) is 0 Å². The molecule has 2 amide bonds. The molecule has 1 aromatic rings. The Hall–Kier alpha value is -2.36. The summed E-state index contributed by atoms with van der Waals surface area (Å²) in [5.74, 6) is -0.937. The molecule has 10 atom stereocenters. The molecular formula is C45H83N3O6. The normalized spacial score (nSPS) is 21.6. The maximum absolute atomic E-state index is 14.7. The number of methoxy groups -OCH3 is 1. The van der Waals surface area contributed by atoms with Gasteiger partial charge in [0.15, 0.2) is 11.5 Å². The molecule has 0 saturated heterocycles. The summed E-state index contributed by atoms with van der Waals surface area (Å²) in [5, 5.41) is 2.42. The molecule has 0 saturated carbocycles. The van der Waals surface area contributed by atoms with Crippen molar-refractivity contribution in [1.29, 1.82) is 0 Å². The van der Waals surface area contributed by atoms with E-state index < -0.39 is 53.1 Å². The molecule has 0 aliphatic heterocycles. The number of rotatable bonds is 24. The monoisotopic (exact) mass is 767 g/mol. The Balaban J connectivity index is 3.79. The van der Waals surface area contributed by atoms with Gasteiger partial charge in [-0.1, -0.05) is 95.6 Å². The van der Waals surface area contributed by atoms with E-state index in [1.54, 1.807) is 14.0 Å². The fourth-order valence-corrected chi connectivity index (χ4v) is 7.53. The minimum atomic E-state index is -3.20. The van der Waals surface area contributed by atoms with Crippen molar-refractivity contribution < 1.29 is 35.4 Å². The number of benzene rings is 1. The SMILES string of the molecule is [2H]C([2H])([2H])C(C(N)=O)(C(C)(C)C)C([2H])([2H])NC(=O)[C@@](C)(C[C@H](OC)[C@@](C)(N)C(C)[C@@H](C(C)CC)C(C)c1ccc(OCC)c(OCC(C)COC(C)C)c1)C(C)C(C)C. The van der Waals surface area contributed by atoms with Crippen molar-refractivity contribution in [3.8, 4) is 11.5 Å². The minimum Gasteiger partial charge on any atom is -0.490 e. The molecule has 1 aromatic carbocycles. The Morgan fingerprint density at radius 1 is 0.907 bits per heavy atom. The molecule has 6 unspecified atom stereocenters. The first-order valence-electron chi connectivity index (χ1n) is 22.7. The highest BCUT2D eigenvalue weighted by Crippen LogP contribution is 2.47. The van der Waals surface area contributed by atoms with E-state index in [2.05, 4.69) is 52.1 Å². The first-order valence-corrected chi connectivity index (χ1v) is 20.2. The van der Waals surface area contributed by atoms with Gasteiger partial charge in [0.25, 0.3) is 0 Å². The lowest BCUT2D eigenvalue weighted by Crippen LogP contribution is -2.60. The van der Waals surface area contributed by atoms with E-state index in [1.807, 2.05) is 54.5 Å². The van der Waals surface area contributed by atoms with Crippen molar-refractivity contribution in [2.24, 2.45) is 63.2 Å². The molecule has 0 fully saturated rings. The van der Waals surface area contributed by atoms with Gasteiger partial charge in [-0.3, -0.25) is 9.59 Å². The van der Waals surface area contributed by atoms with Gasteiger partial charge in [-0.2, -0.15) is 0 Å². The maximum atomic E-state index is 14.7. The zero-order valence-electron chi connectivity index (χ0n) is 42.1. The first-order chi connectivity index (χ1) is 26.8. The van der Waals surface area contributed by atoms with Gasteiger partial charge in [0, 0.05) is 29.2 Å². The van der Waals surface area contributed by atoms with Crippen molar-refractivity contribution in [3.63, 3.8) is 0 Å². The number of hydrogen-bond donors (Lipinski definition) is 3. The van der Waals surface area contributed by atoms with Crippen LogP contribution in [0, 0.1) is 51.8 Å². The molecule has 0 radical (unpaired) electrons. The number of carbonyl (C=O) groups is 2. The van der Waals surface area contributed by atoms with Crippen molar-refractivity contribution in [3.05, 3.63) is 23.8 Å². The van der Waals surface area contributed by atoms with Gasteiger partial charge >= 0.3 is 0 Å². The van der Waals surface area contributed by atoms with Crippen molar-refractivity contribution in [1.82, 2.24) is 5.32 Å². The topological polar surface area (TPSA) is 135 Å². The molecule has 5 N–H and O–H groups in total. The molecule has 0 aliphatic carbocycles. The van der Waals surface area contributed by atoms with Gasteiger partial charge in [0.2, 0.25) is 11.8 Å². The van der Waals surface area contributed by atoms with Crippen molar-refractivity contribution in [2.45, 2.75) is 154 Å². The second-order valence-corrected chi connectivity index (χ2v) is 18.2. The molecule has 9 heteroatoms. The summed E-state index contributed by atoms with van der Waals surface area (Å²) < 4.78 is 67.8. The molecule has 0 aromatic heterocycles. The van der Waals surface area contributed by atoms with Gasteiger partial charge in [-0.05, 0) is 99.6 Å². The molecule has 0 aliphatic rings. The Morgan fingerprint density at radius 2 is 1.52 bits per heavy atom. The van der Waals surface area contributed by atoms with Crippen LogP contribution < -0.4 is 26.3 Å². The number of hydrogen-bond acceptors (Lipinski definition) is 7. The number of primary amides is 1. The van der Waals surface area contributed by atoms with Gasteiger partial charge in [-0.15, -0.1) is 0 Å². The van der Waals surface area contributed by atoms with Crippen molar-refractivity contribution in [2.75, 3.05) is 33.4 Å². The molecule has 0 spiro atoms. The molecule has 0 bridgehead atoms. The van der Waals surface area contributed by atoms with E-state index in [0.29, 0.717) is 31.3 Å². The Kier molecular flexibility index (Phi) is 15.8. The summed E-state index contributed by atoms with van der Waals surface area (Å²) in [6, 6.07) is 6.12. The zero-order chi connectivity index (χ0) is 46.3. The second kappa shape index (κ2) is 20.7. The lowest BCUT2D eigenvalue weighted by molar-refractivity contribution is -0.141. The average Bonchev–Trinajstić information content (AvgIpc) is 3.09. The van der Waals surface area contributed by atoms with Gasteiger partial charge in [0.1, 0.15) is 0 Å². The van der Waals surface area contributed by atoms with Crippen LogP contribution in [0.3, 0.4) is 0 Å². The molecule has 314 valence electrons. The molecule has 1 rings (SSSR count). The summed E-state index contributed by atoms with van der Waals surface area (Å²) in [4.78, 5) is 27.9. The zero-order valence-corrected chi connectivity index (χ0v) is 37.1. The highest BCUT2D eigenvalue weighted by atomic mass is 16.5. The molecule has 0 heterocycles. The van der Waals surface area contributed by atoms with Crippen LogP contribution in [0.4, 0.5) is 0 Å². The molecular weight excluding hydrogens is 679 g/mol. The van der Waals surface area contributed by atoms with Crippen LogP contribution in [-0.4, -0.2) is 63.0 Å². The number of ether oxygens (including phenoxy) is 4. The number of nitrogens with one attached hydrogen (secondary N) is 1. The van der Waals surface area contributed by atoms with Crippen LogP contribution in [0.2, 0.25) is 0 Å². The Labute approximate surface area is 338 Å². The van der Waals surface area contributed by atoms with Crippen LogP contribution in [0.15, 0.2) is 18.2 Å². The van der Waals surface area contributed by atoms with Gasteiger partial charge < -0.3 is 35.7 Å². The van der Waals surface area contributed by atoms with E-state index in [-0.39, 0.29) is 54.0 Å². The predicted molar refractivity (Wildman–Crippen MR) is 224 cm³/mol. The Morgan fingerprint density at radius 3 is 1.98 bits per heavy atom. The minimum absolute atomic E-state index is 0.00998. The number of carbonyl (C=O) groups excluding carboxylic acids is 2. The van der Waals surface area contributed by atoms with E-state index in [4.69, 9.17) is 37.3 Å². The maximum Gasteiger partial charge on any atom is 0.226 e. The lowest BCUT2D eigenvalue weighted by Gasteiger charge is -2.49. The fraction of sp³-hybridized carbons (Fsp3) is 0.822. The first kappa shape index (κ1) is 41.3. The highest BCUT2D eigenvalue weighted by Gasteiger charge is 2.50. The average molecular weight is 767 g/mol.